The van der Waals surface area contributed by atoms with Crippen molar-refractivity contribution in [2.24, 2.45) is 0 Å². The SMILES string of the molecule is CCOc1cccc(C2C(C(=O)OC)=CN(c3ccc(F)c(F)c3)C=C2C(=O)OC)c1. The number of carbonyl (C=O) groups excluding carboxylic acids is 2. The normalized spacial score (nSPS) is 13.9. The molecule has 0 bridgehead atoms. The first-order chi connectivity index (χ1) is 14.9. The lowest BCUT2D eigenvalue weighted by Gasteiger charge is -2.30. The summed E-state index contributed by atoms with van der Waals surface area (Å²) in [4.78, 5) is 26.7. The Morgan fingerprint density at radius 2 is 1.58 bits per heavy atom. The Hall–Kier alpha value is -3.68. The Labute approximate surface area is 178 Å². The van der Waals surface area contributed by atoms with Gasteiger partial charge >= 0.3 is 11.9 Å². The molecule has 162 valence electrons. The van der Waals surface area contributed by atoms with Gasteiger partial charge in [0.25, 0.3) is 0 Å². The van der Waals surface area contributed by atoms with Crippen molar-refractivity contribution in [2.75, 3.05) is 25.7 Å². The van der Waals surface area contributed by atoms with Crippen LogP contribution in [0, 0.1) is 11.6 Å². The van der Waals surface area contributed by atoms with Crippen LogP contribution in [0.3, 0.4) is 0 Å². The highest BCUT2D eigenvalue weighted by molar-refractivity contribution is 6.00. The lowest BCUT2D eigenvalue weighted by molar-refractivity contribution is -0.137. The molecule has 3 rings (SSSR count). The molecular formula is C23H21F2NO5. The van der Waals surface area contributed by atoms with Gasteiger partial charge in [0.15, 0.2) is 11.6 Å². The Bertz CT molecular complexity index is 1030. The van der Waals surface area contributed by atoms with Gasteiger partial charge in [-0.15, -0.1) is 0 Å². The lowest BCUT2D eigenvalue weighted by Crippen LogP contribution is -2.28. The standard InChI is InChI=1S/C23H21F2NO5/c1-4-31-16-7-5-6-14(10-16)21-17(22(27)29-2)12-26(13-18(21)23(28)30-3)15-8-9-19(24)20(25)11-15/h5-13,21H,4H2,1-3H3. The van der Waals surface area contributed by atoms with E-state index < -0.39 is 29.5 Å². The van der Waals surface area contributed by atoms with Crippen LogP contribution in [0.2, 0.25) is 0 Å². The first kappa shape index (κ1) is 22.0. The molecule has 0 fully saturated rings. The number of anilines is 1. The van der Waals surface area contributed by atoms with Crippen LogP contribution in [-0.2, 0) is 19.1 Å². The zero-order valence-corrected chi connectivity index (χ0v) is 17.2. The number of hydrogen-bond acceptors (Lipinski definition) is 6. The summed E-state index contributed by atoms with van der Waals surface area (Å²) < 4.78 is 42.6. The van der Waals surface area contributed by atoms with Gasteiger partial charge in [-0.05, 0) is 36.8 Å². The molecule has 0 saturated carbocycles. The van der Waals surface area contributed by atoms with Gasteiger partial charge in [-0.3, -0.25) is 0 Å². The van der Waals surface area contributed by atoms with Gasteiger partial charge in [0.1, 0.15) is 5.75 Å². The third-order valence-electron chi connectivity index (χ3n) is 4.72. The predicted octanol–water partition coefficient (Wildman–Crippen LogP) is 4.08. The minimum Gasteiger partial charge on any atom is -0.494 e. The molecule has 0 unspecified atom stereocenters. The van der Waals surface area contributed by atoms with E-state index in [4.69, 9.17) is 14.2 Å². The fourth-order valence-corrected chi connectivity index (χ4v) is 3.33. The number of rotatable bonds is 6. The fraction of sp³-hybridized carbons (Fsp3) is 0.217. The maximum atomic E-state index is 13.8. The smallest absolute Gasteiger partial charge is 0.336 e. The number of esters is 2. The van der Waals surface area contributed by atoms with Gasteiger partial charge in [0.05, 0.1) is 37.9 Å². The van der Waals surface area contributed by atoms with Crippen LogP contribution in [0.25, 0.3) is 0 Å². The Balaban J connectivity index is 2.17. The molecule has 2 aromatic rings. The molecule has 8 heteroatoms. The quantitative estimate of drug-likeness (QED) is 0.645. The molecule has 0 saturated heterocycles. The number of hydrogen-bond donors (Lipinski definition) is 0. The summed E-state index contributed by atoms with van der Waals surface area (Å²) in [5, 5.41) is 0. The first-order valence-corrected chi connectivity index (χ1v) is 9.45. The van der Waals surface area contributed by atoms with Crippen LogP contribution < -0.4 is 9.64 Å². The summed E-state index contributed by atoms with van der Waals surface area (Å²) in [5.74, 6) is -3.70. The van der Waals surface area contributed by atoms with E-state index in [-0.39, 0.29) is 16.8 Å². The largest absolute Gasteiger partial charge is 0.494 e. The van der Waals surface area contributed by atoms with Crippen molar-refractivity contribution in [1.29, 1.82) is 0 Å². The van der Waals surface area contributed by atoms with Gasteiger partial charge < -0.3 is 19.1 Å². The lowest BCUT2D eigenvalue weighted by atomic mass is 9.83. The average molecular weight is 429 g/mol. The van der Waals surface area contributed by atoms with Crippen LogP contribution >= 0.6 is 0 Å². The second kappa shape index (κ2) is 9.42. The van der Waals surface area contributed by atoms with E-state index in [1.54, 1.807) is 24.3 Å². The zero-order chi connectivity index (χ0) is 22.5. The van der Waals surface area contributed by atoms with Crippen molar-refractivity contribution in [3.63, 3.8) is 0 Å². The topological polar surface area (TPSA) is 65.1 Å². The van der Waals surface area contributed by atoms with Gasteiger partial charge in [0, 0.05) is 24.2 Å². The maximum Gasteiger partial charge on any atom is 0.336 e. The van der Waals surface area contributed by atoms with Crippen LogP contribution in [0.5, 0.6) is 5.75 Å². The minimum atomic E-state index is -1.06. The highest BCUT2D eigenvalue weighted by Crippen LogP contribution is 2.39. The van der Waals surface area contributed by atoms with Crippen molar-refractivity contribution in [3.05, 3.63) is 83.2 Å². The van der Waals surface area contributed by atoms with Gasteiger partial charge in [-0.2, -0.15) is 0 Å². The van der Waals surface area contributed by atoms with Gasteiger partial charge in [0.2, 0.25) is 0 Å². The molecule has 1 aliphatic rings. The van der Waals surface area contributed by atoms with Crippen molar-refractivity contribution in [1.82, 2.24) is 0 Å². The Morgan fingerprint density at radius 3 is 2.13 bits per heavy atom. The molecule has 0 aromatic heterocycles. The molecule has 1 aliphatic heterocycles. The molecule has 0 radical (unpaired) electrons. The molecule has 0 amide bonds. The molecule has 0 spiro atoms. The van der Waals surface area contributed by atoms with Crippen molar-refractivity contribution < 1.29 is 32.6 Å². The van der Waals surface area contributed by atoms with E-state index in [2.05, 4.69) is 0 Å². The minimum absolute atomic E-state index is 0.115. The van der Waals surface area contributed by atoms with Crippen LogP contribution in [0.4, 0.5) is 14.5 Å². The van der Waals surface area contributed by atoms with Crippen LogP contribution in [-0.4, -0.2) is 32.8 Å². The number of benzene rings is 2. The van der Waals surface area contributed by atoms with Crippen molar-refractivity contribution >= 4 is 17.6 Å². The molecular weight excluding hydrogens is 408 g/mol. The van der Waals surface area contributed by atoms with Crippen LogP contribution in [0.1, 0.15) is 18.4 Å². The fourth-order valence-electron chi connectivity index (χ4n) is 3.33. The predicted molar refractivity (Wildman–Crippen MR) is 109 cm³/mol. The summed E-state index contributed by atoms with van der Waals surface area (Å²) in [6, 6.07) is 10.2. The van der Waals surface area contributed by atoms with E-state index in [0.717, 1.165) is 12.1 Å². The van der Waals surface area contributed by atoms with Crippen molar-refractivity contribution in [2.45, 2.75) is 12.8 Å². The Kier molecular flexibility index (Phi) is 6.69. The Morgan fingerprint density at radius 1 is 0.935 bits per heavy atom. The number of ether oxygens (including phenoxy) is 3. The summed E-state index contributed by atoms with van der Waals surface area (Å²) >= 11 is 0. The summed E-state index contributed by atoms with van der Waals surface area (Å²) in [7, 11) is 2.43. The number of halogens is 2. The van der Waals surface area contributed by atoms with E-state index >= 15 is 0 Å². The number of methoxy groups -OCH3 is 2. The second-order valence-electron chi connectivity index (χ2n) is 6.60. The third-order valence-corrected chi connectivity index (χ3v) is 4.72. The summed E-state index contributed by atoms with van der Waals surface area (Å²) in [5.41, 5.74) is 1.04. The molecule has 31 heavy (non-hydrogen) atoms. The molecule has 0 aliphatic carbocycles. The maximum absolute atomic E-state index is 13.8. The second-order valence-corrected chi connectivity index (χ2v) is 6.60. The number of nitrogens with zero attached hydrogens (tertiary/aromatic N) is 1. The molecule has 2 aromatic carbocycles. The summed E-state index contributed by atoms with van der Waals surface area (Å²) in [6.45, 7) is 2.28. The highest BCUT2D eigenvalue weighted by atomic mass is 19.2. The van der Waals surface area contributed by atoms with E-state index in [1.807, 2.05) is 6.92 Å². The van der Waals surface area contributed by atoms with E-state index in [0.29, 0.717) is 17.9 Å². The number of carbonyl (C=O) groups is 2. The summed E-state index contributed by atoms with van der Waals surface area (Å²) in [6.07, 6.45) is 2.84. The van der Waals surface area contributed by atoms with E-state index in [1.165, 1.54) is 37.6 Å². The molecule has 0 atom stereocenters. The monoisotopic (exact) mass is 429 g/mol. The third kappa shape index (κ3) is 4.58. The first-order valence-electron chi connectivity index (χ1n) is 9.45. The van der Waals surface area contributed by atoms with Gasteiger partial charge in [-0.25, -0.2) is 18.4 Å². The average Bonchev–Trinajstić information content (AvgIpc) is 2.79. The van der Waals surface area contributed by atoms with E-state index in [9.17, 15) is 18.4 Å². The van der Waals surface area contributed by atoms with Crippen LogP contribution in [0.15, 0.2) is 66.0 Å². The zero-order valence-electron chi connectivity index (χ0n) is 17.2. The molecule has 6 nitrogen and oxygen atoms in total. The molecule has 0 N–H and O–H groups in total. The highest BCUT2D eigenvalue weighted by Gasteiger charge is 2.35. The molecule has 1 heterocycles. The van der Waals surface area contributed by atoms with Gasteiger partial charge in [-0.1, -0.05) is 12.1 Å². The van der Waals surface area contributed by atoms with Crippen molar-refractivity contribution in [3.8, 4) is 5.75 Å².